The van der Waals surface area contributed by atoms with Gasteiger partial charge in [-0.1, -0.05) is 30.3 Å². The Balaban J connectivity index is 1.69. The zero-order chi connectivity index (χ0) is 14.8. The molecule has 2 heterocycles. The maximum Gasteiger partial charge on any atom is 0.223 e. The van der Waals surface area contributed by atoms with Crippen LogP contribution < -0.4 is 5.32 Å². The number of carbonyl (C=O) groups excluding carboxylic acids is 1. The fraction of sp³-hybridized carbons (Fsp3) is 0.588. The molecule has 4 heteroatoms. The number of nitrogens with one attached hydrogen (secondary N) is 1. The highest BCUT2D eigenvalue weighted by molar-refractivity contribution is 5.79. The lowest BCUT2D eigenvalue weighted by atomic mass is 9.93. The van der Waals surface area contributed by atoms with E-state index in [4.69, 9.17) is 4.74 Å². The van der Waals surface area contributed by atoms with E-state index in [0.29, 0.717) is 18.4 Å². The summed E-state index contributed by atoms with van der Waals surface area (Å²) in [6.07, 6.45) is 1.97. The normalized spacial score (nSPS) is 32.9. The fourth-order valence-electron chi connectivity index (χ4n) is 3.58. The van der Waals surface area contributed by atoms with Crippen LogP contribution in [0.5, 0.6) is 0 Å². The molecule has 1 amide bonds. The molecule has 0 unspecified atom stereocenters. The van der Waals surface area contributed by atoms with E-state index in [2.05, 4.69) is 24.4 Å². The molecule has 0 aliphatic carbocycles. The van der Waals surface area contributed by atoms with Crippen molar-refractivity contribution in [3.05, 3.63) is 35.9 Å². The first-order valence-corrected chi connectivity index (χ1v) is 7.82. The second kappa shape index (κ2) is 6.16. The first kappa shape index (κ1) is 14.5. The molecule has 2 aliphatic heterocycles. The molecule has 3 rings (SSSR count). The van der Waals surface area contributed by atoms with Gasteiger partial charge in [-0.05, 0) is 18.9 Å². The topological polar surface area (TPSA) is 41.6 Å². The molecule has 2 saturated heterocycles. The van der Waals surface area contributed by atoms with Crippen LogP contribution in [0.15, 0.2) is 30.3 Å². The van der Waals surface area contributed by atoms with E-state index in [-0.39, 0.29) is 18.1 Å². The summed E-state index contributed by atoms with van der Waals surface area (Å²) >= 11 is 0. The maximum absolute atomic E-state index is 12.1. The number of nitrogens with zero attached hydrogens (tertiary/aromatic N) is 1. The quantitative estimate of drug-likeness (QED) is 0.921. The highest BCUT2D eigenvalue weighted by atomic mass is 16.5. The molecule has 0 spiro atoms. The third-order valence-electron chi connectivity index (χ3n) is 4.85. The highest BCUT2D eigenvalue weighted by Crippen LogP contribution is 2.36. The molecule has 114 valence electrons. The van der Waals surface area contributed by atoms with Crippen LogP contribution in [0.2, 0.25) is 0 Å². The van der Waals surface area contributed by atoms with Gasteiger partial charge in [-0.25, -0.2) is 0 Å². The predicted octanol–water partition coefficient (Wildman–Crippen LogP) is 1.97. The van der Waals surface area contributed by atoms with Crippen molar-refractivity contribution in [1.82, 2.24) is 10.2 Å². The molecule has 0 bridgehead atoms. The van der Waals surface area contributed by atoms with Crippen molar-refractivity contribution in [2.24, 2.45) is 5.92 Å². The number of rotatable bonds is 4. The average Bonchev–Trinajstić information content (AvgIpc) is 3.02. The number of hydrogen-bond donors (Lipinski definition) is 1. The number of hydrogen-bond acceptors (Lipinski definition) is 3. The van der Waals surface area contributed by atoms with E-state index in [1.54, 1.807) is 0 Å². The van der Waals surface area contributed by atoms with Crippen molar-refractivity contribution in [2.45, 2.75) is 38.0 Å². The molecule has 0 radical (unpaired) electrons. The van der Waals surface area contributed by atoms with Gasteiger partial charge in [-0.15, -0.1) is 0 Å². The second-order valence-electron chi connectivity index (χ2n) is 6.20. The Labute approximate surface area is 126 Å². The fourth-order valence-corrected chi connectivity index (χ4v) is 3.58. The van der Waals surface area contributed by atoms with Gasteiger partial charge in [0.05, 0.1) is 12.1 Å². The van der Waals surface area contributed by atoms with Gasteiger partial charge >= 0.3 is 0 Å². The lowest BCUT2D eigenvalue weighted by Crippen LogP contribution is -2.39. The summed E-state index contributed by atoms with van der Waals surface area (Å²) in [4.78, 5) is 14.0. The number of likely N-dealkylation sites (tertiary alicyclic amines) is 1. The van der Waals surface area contributed by atoms with E-state index >= 15 is 0 Å². The van der Waals surface area contributed by atoms with E-state index in [9.17, 15) is 4.79 Å². The van der Waals surface area contributed by atoms with E-state index in [1.165, 1.54) is 5.56 Å². The Kier molecular flexibility index (Phi) is 4.27. The second-order valence-corrected chi connectivity index (χ2v) is 6.20. The zero-order valence-electron chi connectivity index (χ0n) is 12.8. The SMILES string of the molecule is C[C@@H]1OCC[C@@H]1NC[C@H]1CC(=O)N(C)[C@H]1c1ccccc1. The monoisotopic (exact) mass is 288 g/mol. The van der Waals surface area contributed by atoms with Crippen molar-refractivity contribution >= 4 is 5.91 Å². The van der Waals surface area contributed by atoms with Crippen LogP contribution in [0.3, 0.4) is 0 Å². The molecule has 21 heavy (non-hydrogen) atoms. The molecule has 1 aromatic carbocycles. The minimum absolute atomic E-state index is 0.184. The molecule has 2 aliphatic rings. The van der Waals surface area contributed by atoms with Crippen molar-refractivity contribution in [3.63, 3.8) is 0 Å². The van der Waals surface area contributed by atoms with Crippen LogP contribution in [0.4, 0.5) is 0 Å². The van der Waals surface area contributed by atoms with Gasteiger partial charge in [-0.3, -0.25) is 4.79 Å². The van der Waals surface area contributed by atoms with Crippen LogP contribution in [0.1, 0.15) is 31.4 Å². The van der Waals surface area contributed by atoms with E-state index in [1.807, 2.05) is 30.1 Å². The number of carbonyl (C=O) groups is 1. The summed E-state index contributed by atoms with van der Waals surface area (Å²) in [6.45, 7) is 3.82. The molecule has 0 saturated carbocycles. The lowest BCUT2D eigenvalue weighted by Gasteiger charge is -2.27. The summed E-state index contributed by atoms with van der Waals surface area (Å²) in [5, 5.41) is 3.61. The van der Waals surface area contributed by atoms with Gasteiger partial charge < -0.3 is 15.0 Å². The molecule has 1 aromatic rings. The third-order valence-corrected chi connectivity index (χ3v) is 4.85. The maximum atomic E-state index is 12.1. The molecular weight excluding hydrogens is 264 g/mol. The lowest BCUT2D eigenvalue weighted by molar-refractivity contribution is -0.127. The standard InChI is InChI=1S/C17H24N2O2/c1-12-15(8-9-21-12)18-11-14-10-16(20)19(2)17(14)13-6-4-3-5-7-13/h3-7,12,14-15,17-18H,8-11H2,1-2H3/t12-,14+,15-,17-/m0/s1. The van der Waals surface area contributed by atoms with Crippen molar-refractivity contribution < 1.29 is 9.53 Å². The van der Waals surface area contributed by atoms with Gasteiger partial charge in [-0.2, -0.15) is 0 Å². The average molecular weight is 288 g/mol. The summed E-state index contributed by atoms with van der Waals surface area (Å²) in [5.41, 5.74) is 1.23. The summed E-state index contributed by atoms with van der Waals surface area (Å²) < 4.78 is 5.59. The first-order chi connectivity index (χ1) is 10.2. The van der Waals surface area contributed by atoms with Crippen molar-refractivity contribution in [3.8, 4) is 0 Å². The van der Waals surface area contributed by atoms with Crippen molar-refractivity contribution in [1.29, 1.82) is 0 Å². The molecule has 4 nitrogen and oxygen atoms in total. The zero-order valence-corrected chi connectivity index (χ0v) is 12.8. The minimum Gasteiger partial charge on any atom is -0.377 e. The van der Waals surface area contributed by atoms with E-state index < -0.39 is 0 Å². The van der Waals surface area contributed by atoms with Crippen LogP contribution in [0.25, 0.3) is 0 Å². The number of ether oxygens (including phenoxy) is 1. The van der Waals surface area contributed by atoms with Crippen LogP contribution >= 0.6 is 0 Å². The molecule has 4 atom stereocenters. The first-order valence-electron chi connectivity index (χ1n) is 7.82. The Morgan fingerprint density at radius 1 is 1.33 bits per heavy atom. The van der Waals surface area contributed by atoms with Crippen LogP contribution in [-0.4, -0.2) is 43.2 Å². The Hall–Kier alpha value is -1.39. The van der Waals surface area contributed by atoms with Crippen LogP contribution in [-0.2, 0) is 9.53 Å². The van der Waals surface area contributed by atoms with E-state index in [0.717, 1.165) is 19.6 Å². The molecule has 0 aromatic heterocycles. The number of amides is 1. The summed E-state index contributed by atoms with van der Waals surface area (Å²) in [5.74, 6) is 0.573. The number of benzene rings is 1. The summed E-state index contributed by atoms with van der Waals surface area (Å²) in [6, 6.07) is 11.0. The van der Waals surface area contributed by atoms with Gasteiger partial charge in [0.15, 0.2) is 0 Å². The van der Waals surface area contributed by atoms with Gasteiger partial charge in [0.25, 0.3) is 0 Å². The molecular formula is C17H24N2O2. The third kappa shape index (κ3) is 2.97. The van der Waals surface area contributed by atoms with Crippen molar-refractivity contribution in [2.75, 3.05) is 20.2 Å². The highest BCUT2D eigenvalue weighted by Gasteiger charge is 2.38. The minimum atomic E-state index is 0.184. The van der Waals surface area contributed by atoms with Crippen LogP contribution in [0, 0.1) is 5.92 Å². The smallest absolute Gasteiger partial charge is 0.223 e. The predicted molar refractivity (Wildman–Crippen MR) is 81.9 cm³/mol. The van der Waals surface area contributed by atoms with Gasteiger partial charge in [0.1, 0.15) is 0 Å². The largest absolute Gasteiger partial charge is 0.377 e. The Morgan fingerprint density at radius 2 is 2.10 bits per heavy atom. The Bertz CT molecular complexity index is 491. The van der Waals surface area contributed by atoms with Gasteiger partial charge in [0, 0.05) is 38.6 Å². The molecule has 2 fully saturated rings. The van der Waals surface area contributed by atoms with Gasteiger partial charge in [0.2, 0.25) is 5.91 Å². The molecule has 1 N–H and O–H groups in total. The summed E-state index contributed by atoms with van der Waals surface area (Å²) in [7, 11) is 1.92. The Morgan fingerprint density at radius 3 is 2.76 bits per heavy atom.